The number of aliphatic hydroxyl groups excluding tert-OH is 9. The van der Waals surface area contributed by atoms with Gasteiger partial charge in [-0.05, 0) is 69.6 Å². The van der Waals surface area contributed by atoms with E-state index in [2.05, 4.69) is 37.2 Å². The predicted molar refractivity (Wildman–Crippen MR) is 405 cm³/mol. The zero-order chi connectivity index (χ0) is 82.4. The molecule has 16 atom stereocenters. The minimum Gasteiger partial charge on any atom is -0.394 e. The summed E-state index contributed by atoms with van der Waals surface area (Å²) in [5, 5.41) is 111. The van der Waals surface area contributed by atoms with Crippen LogP contribution in [0.4, 0.5) is 0 Å². The van der Waals surface area contributed by atoms with Crippen molar-refractivity contribution in [2.75, 3.05) is 125 Å². The molecule has 16 unspecified atom stereocenters. The molecule has 4 fully saturated rings. The first kappa shape index (κ1) is 99.6. The summed E-state index contributed by atoms with van der Waals surface area (Å²) in [7, 11) is 0. The van der Waals surface area contributed by atoms with Crippen molar-refractivity contribution in [2.24, 2.45) is 5.92 Å². The van der Waals surface area contributed by atoms with Gasteiger partial charge in [0.25, 0.3) is 0 Å². The van der Waals surface area contributed by atoms with Gasteiger partial charge in [-0.25, -0.2) is 0 Å². The quantitative estimate of drug-likeness (QED) is 0.0228. The fraction of sp³-hybridized carbons (Fsp3) is 0.877. The number of nitrogens with one attached hydrogen (secondary N) is 7. The highest BCUT2D eigenvalue weighted by Crippen LogP contribution is 2.37. The van der Waals surface area contributed by atoms with E-state index < -0.39 is 153 Å². The van der Waals surface area contributed by atoms with Gasteiger partial charge >= 0.3 is 0 Å². The number of amides is 8. The minimum absolute atomic E-state index is 0.0707. The van der Waals surface area contributed by atoms with Gasteiger partial charge in [0.05, 0.1) is 72.0 Å². The van der Waals surface area contributed by atoms with Crippen molar-refractivity contribution >= 4 is 71.3 Å². The number of Topliss-reactive ketones (excluding diaryl/α,β-unsaturated/α-hetero) is 1. The zero-order valence-corrected chi connectivity index (χ0v) is 67.4. The first-order valence-electron chi connectivity index (χ1n) is 39.7. The molecule has 4 heterocycles. The number of likely N-dealkylation sites (tertiary alicyclic amines) is 1. The van der Waals surface area contributed by atoms with Gasteiger partial charge in [0.2, 0.25) is 47.3 Å². The van der Waals surface area contributed by atoms with Gasteiger partial charge in [-0.15, -0.1) is 0 Å². The minimum atomic E-state index is -2.66. The SMILES string of the molecule is CC(=O)NC1C(OCCCCCCNC(=O)CCOCC(COCCC(=O)NCCCCCCOC2OC(CO)C(O)C(O)C2NC(C)=O)(COCCC(=O)NCCCCCCOC2OC(CO)C(O)C(O)C2NC(C)=O)NC(=O)C2CN(C(=O)CCCC(=O)CCCCCCCCOP(C)(O)=S)C2)OC(CO)C(O)C1O. The fourth-order valence-electron chi connectivity index (χ4n) is 13.0. The zero-order valence-electron chi connectivity index (χ0n) is 65.7. The van der Waals surface area contributed by atoms with Crippen molar-refractivity contribution in [1.29, 1.82) is 0 Å². The van der Waals surface area contributed by atoms with Crippen LogP contribution in [0.15, 0.2) is 0 Å². The van der Waals surface area contributed by atoms with Crippen LogP contribution in [0.1, 0.15) is 181 Å². The first-order chi connectivity index (χ1) is 53.5. The number of rotatable bonds is 61. The molecule has 0 bridgehead atoms. The van der Waals surface area contributed by atoms with Crippen molar-refractivity contribution in [1.82, 2.24) is 42.1 Å². The smallest absolute Gasteiger partial charge is 0.227 e. The van der Waals surface area contributed by atoms with Gasteiger partial charge in [-0.2, -0.15) is 0 Å². The third kappa shape index (κ3) is 39.5. The molecule has 112 heavy (non-hydrogen) atoms. The molecule has 37 nitrogen and oxygen atoms in total. The van der Waals surface area contributed by atoms with E-state index in [-0.39, 0.29) is 134 Å². The molecular weight excluding hydrogens is 1520 g/mol. The van der Waals surface area contributed by atoms with Crippen LogP contribution in [-0.2, 0) is 102 Å². The molecule has 8 amide bonds. The number of nitrogens with zero attached hydrogens (tertiary/aromatic N) is 1. The van der Waals surface area contributed by atoms with Crippen molar-refractivity contribution in [3.8, 4) is 0 Å². The largest absolute Gasteiger partial charge is 0.394 e. The number of carbonyl (C=O) groups is 9. The topological polar surface area (TPSA) is 536 Å². The summed E-state index contributed by atoms with van der Waals surface area (Å²) < 4.78 is 58.0. The van der Waals surface area contributed by atoms with E-state index in [4.69, 9.17) is 59.0 Å². The van der Waals surface area contributed by atoms with Crippen molar-refractivity contribution < 1.29 is 141 Å². The van der Waals surface area contributed by atoms with Crippen molar-refractivity contribution in [2.45, 2.75) is 279 Å². The molecule has 17 N–H and O–H groups in total. The molecule has 0 aromatic heterocycles. The van der Waals surface area contributed by atoms with Crippen molar-refractivity contribution in [3.05, 3.63) is 0 Å². The molecule has 0 saturated carbocycles. The van der Waals surface area contributed by atoms with Crippen LogP contribution in [0, 0.1) is 5.92 Å². The highest BCUT2D eigenvalue weighted by atomic mass is 32.5. The standard InChI is InChI=1S/C73H131N8O29PS/c1-48(85)77-60-66(96)63(93)53(42-82)108-70(60)104-33-19-12-8-16-30-74-56(89)27-37-101-45-73(80-69(99)51-40-81(41-51)59(92)26-23-25-52(88)24-15-7-5-6-11-22-36-107-111(4,100)112,46-102-38-28-57(90)75-31-17-9-13-20-34-105-71-61(78-49(2)86)67(97)64(94)54(43-83)109-71)47-103-39-29-58(91)76-32-18-10-14-21-35-106-72-62(79-50(3)87)68(98)65(95)55(44-84)110-72/h51,53-55,60-68,70-72,82-84,93-98H,5-47H2,1-4H3,(H,74,89)(H,75,90)(H,76,91)(H,77,85)(H,78,86)(H,79,87)(H,80,99)(H,100,112). The molecule has 0 aromatic rings. The number of aliphatic hydroxyl groups is 9. The van der Waals surface area contributed by atoms with Gasteiger partial charge in [-0.1, -0.05) is 64.2 Å². The number of unbranched alkanes of at least 4 members (excludes halogenated alkanes) is 14. The van der Waals surface area contributed by atoms with Crippen LogP contribution in [0.3, 0.4) is 0 Å². The molecule has 648 valence electrons. The lowest BCUT2D eigenvalue weighted by atomic mass is 9.95. The number of hydrogen-bond donors (Lipinski definition) is 17. The Morgan fingerprint density at radius 1 is 0.429 bits per heavy atom. The summed E-state index contributed by atoms with van der Waals surface area (Å²) in [6.45, 7) is 1.80. The van der Waals surface area contributed by atoms with E-state index >= 15 is 0 Å². The maximum Gasteiger partial charge on any atom is 0.227 e. The predicted octanol–water partition coefficient (Wildman–Crippen LogP) is -2.15. The molecule has 4 aliphatic rings. The van der Waals surface area contributed by atoms with E-state index in [0.717, 1.165) is 38.5 Å². The highest BCUT2D eigenvalue weighted by molar-refractivity contribution is 8.09. The Morgan fingerprint density at radius 3 is 1.09 bits per heavy atom. The lowest BCUT2D eigenvalue weighted by Crippen LogP contribution is -2.64. The van der Waals surface area contributed by atoms with Gasteiger partial charge < -0.3 is 140 Å². The average molecular weight is 1650 g/mol. The molecule has 4 saturated heterocycles. The third-order valence-electron chi connectivity index (χ3n) is 19.4. The van der Waals surface area contributed by atoms with Crippen LogP contribution >= 0.6 is 6.49 Å². The summed E-state index contributed by atoms with van der Waals surface area (Å²) in [5.74, 6) is -3.67. The van der Waals surface area contributed by atoms with Crippen LogP contribution in [0.5, 0.6) is 0 Å². The molecule has 0 radical (unpaired) electrons. The fourth-order valence-corrected chi connectivity index (χ4v) is 13.6. The monoisotopic (exact) mass is 1650 g/mol. The normalized spacial score (nSPS) is 25.7. The van der Waals surface area contributed by atoms with E-state index in [1.165, 1.54) is 27.4 Å². The Kier molecular flexibility index (Phi) is 49.7. The Labute approximate surface area is 661 Å². The average Bonchev–Trinajstić information content (AvgIpc) is 0.826. The Morgan fingerprint density at radius 2 is 0.750 bits per heavy atom. The molecule has 0 spiro atoms. The second-order valence-electron chi connectivity index (χ2n) is 29.3. The lowest BCUT2D eigenvalue weighted by molar-refractivity contribution is -0.270. The molecule has 0 aromatic carbocycles. The summed E-state index contributed by atoms with van der Waals surface area (Å²) in [6, 6.07) is -3.20. The summed E-state index contributed by atoms with van der Waals surface area (Å²) >= 11 is 4.90. The van der Waals surface area contributed by atoms with Gasteiger partial charge in [-0.3, -0.25) is 43.2 Å². The summed E-state index contributed by atoms with van der Waals surface area (Å²) in [4.78, 5) is 127. The second kappa shape index (κ2) is 55.8. The summed E-state index contributed by atoms with van der Waals surface area (Å²) in [5.41, 5.74) is -1.48. The van der Waals surface area contributed by atoms with Gasteiger partial charge in [0.1, 0.15) is 84.4 Å². The molecule has 0 aliphatic carbocycles. The second-order valence-corrected chi connectivity index (χ2v) is 33.2. The number of ether oxygens (including phenoxy) is 9. The van der Waals surface area contributed by atoms with E-state index in [1.54, 1.807) is 4.90 Å². The number of ketones is 1. The van der Waals surface area contributed by atoms with Crippen LogP contribution in [0.25, 0.3) is 0 Å². The van der Waals surface area contributed by atoms with Gasteiger partial charge in [0.15, 0.2) is 25.4 Å². The van der Waals surface area contributed by atoms with Crippen LogP contribution in [-0.4, -0.2) is 332 Å². The van der Waals surface area contributed by atoms with Crippen molar-refractivity contribution in [3.63, 3.8) is 0 Å². The number of hydrogen-bond acceptors (Lipinski definition) is 29. The molecule has 39 heteroatoms. The van der Waals surface area contributed by atoms with Crippen LogP contribution < -0.4 is 37.2 Å². The van der Waals surface area contributed by atoms with Gasteiger partial charge in [0, 0.05) is 119 Å². The molecule has 4 aliphatic heterocycles. The Bertz CT molecular complexity index is 2600. The van der Waals surface area contributed by atoms with E-state index in [0.29, 0.717) is 116 Å². The summed E-state index contributed by atoms with van der Waals surface area (Å²) in [6.07, 6.45) is -1.64. The number of carbonyl (C=O) groups excluding carboxylic acids is 9. The van der Waals surface area contributed by atoms with Crippen LogP contribution in [0.2, 0.25) is 0 Å². The first-order valence-corrected chi connectivity index (χ1v) is 42.8. The van der Waals surface area contributed by atoms with E-state index in [1.807, 2.05) is 0 Å². The highest BCUT2D eigenvalue weighted by Gasteiger charge is 2.48. The molecular formula is C73H131N8O29PS. The lowest BCUT2D eigenvalue weighted by Gasteiger charge is -2.42. The third-order valence-corrected chi connectivity index (χ3v) is 20.3. The maximum atomic E-state index is 14.3. The maximum absolute atomic E-state index is 14.3. The Balaban J connectivity index is 1.34. The van der Waals surface area contributed by atoms with E-state index in [9.17, 15) is 94.0 Å². The molecule has 4 rings (SSSR count). The Hall–Kier alpha value is -4.72.